The van der Waals surface area contributed by atoms with Crippen molar-refractivity contribution in [3.63, 3.8) is 0 Å². The monoisotopic (exact) mass is 259 g/mol. The Bertz CT molecular complexity index is 579. The number of amides is 1. The first-order valence-corrected chi connectivity index (χ1v) is 5.77. The Labute approximate surface area is 110 Å². The lowest BCUT2D eigenvalue weighted by atomic mass is 10.1. The molecule has 0 aliphatic heterocycles. The van der Waals surface area contributed by atoms with Gasteiger partial charge in [0.2, 0.25) is 6.41 Å². The maximum absolute atomic E-state index is 11.7. The van der Waals surface area contributed by atoms with Gasteiger partial charge in [-0.3, -0.25) is 4.79 Å². The lowest BCUT2D eigenvalue weighted by Crippen LogP contribution is -2.10. The summed E-state index contributed by atoms with van der Waals surface area (Å²) in [6, 6.07) is 6.77. The Balaban J connectivity index is 2.40. The van der Waals surface area contributed by atoms with E-state index in [4.69, 9.17) is 4.74 Å². The van der Waals surface area contributed by atoms with E-state index in [1.165, 1.54) is 0 Å². The standard InChI is InChI=1S/C13H13N3O3/c1-2-19-13(18)11-5-4-10(8-12(11)14-9-17)16-7-3-6-15-16/h3-9H,2H2,1H3,(H,14,17). The SMILES string of the molecule is CCOC(=O)c1ccc(-n2cccn2)cc1NC=O. The summed E-state index contributed by atoms with van der Waals surface area (Å²) >= 11 is 0. The van der Waals surface area contributed by atoms with Gasteiger partial charge in [0.25, 0.3) is 0 Å². The summed E-state index contributed by atoms with van der Waals surface area (Å²) in [6.45, 7) is 2.00. The molecular formula is C13H13N3O3. The molecule has 0 bridgehead atoms. The molecule has 2 aromatic rings. The summed E-state index contributed by atoms with van der Waals surface area (Å²) in [4.78, 5) is 22.4. The fourth-order valence-electron chi connectivity index (χ4n) is 1.67. The number of hydrogen-bond acceptors (Lipinski definition) is 4. The molecule has 1 heterocycles. The smallest absolute Gasteiger partial charge is 0.340 e. The van der Waals surface area contributed by atoms with Crippen molar-refractivity contribution < 1.29 is 14.3 Å². The zero-order valence-corrected chi connectivity index (χ0v) is 10.4. The van der Waals surface area contributed by atoms with E-state index in [9.17, 15) is 9.59 Å². The Morgan fingerprint density at radius 2 is 2.37 bits per heavy atom. The molecule has 0 saturated heterocycles. The summed E-state index contributed by atoms with van der Waals surface area (Å²) in [6.07, 6.45) is 3.93. The van der Waals surface area contributed by atoms with Gasteiger partial charge in [0.1, 0.15) is 0 Å². The fourth-order valence-corrected chi connectivity index (χ4v) is 1.67. The summed E-state index contributed by atoms with van der Waals surface area (Å²) in [5.41, 5.74) is 1.44. The zero-order chi connectivity index (χ0) is 13.7. The van der Waals surface area contributed by atoms with Gasteiger partial charge < -0.3 is 10.1 Å². The van der Waals surface area contributed by atoms with Crippen LogP contribution in [0, 0.1) is 0 Å². The van der Waals surface area contributed by atoms with Crippen LogP contribution < -0.4 is 5.32 Å². The molecule has 0 radical (unpaired) electrons. The van der Waals surface area contributed by atoms with Crippen molar-refractivity contribution in [3.8, 4) is 5.69 Å². The first-order chi connectivity index (χ1) is 9.26. The molecule has 0 spiro atoms. The lowest BCUT2D eigenvalue weighted by Gasteiger charge is -2.10. The van der Waals surface area contributed by atoms with Crippen LogP contribution in [-0.4, -0.2) is 28.8 Å². The number of carbonyl (C=O) groups is 2. The molecule has 1 amide bonds. The predicted octanol–water partition coefficient (Wildman–Crippen LogP) is 1.62. The third-order valence-corrected chi connectivity index (χ3v) is 2.48. The molecule has 0 aliphatic carbocycles. The van der Waals surface area contributed by atoms with Gasteiger partial charge in [-0.2, -0.15) is 5.10 Å². The van der Waals surface area contributed by atoms with E-state index < -0.39 is 5.97 Å². The normalized spacial score (nSPS) is 9.95. The molecule has 1 aromatic heterocycles. The highest BCUT2D eigenvalue weighted by Crippen LogP contribution is 2.20. The predicted molar refractivity (Wildman–Crippen MR) is 69.2 cm³/mol. The summed E-state index contributed by atoms with van der Waals surface area (Å²) in [5.74, 6) is -0.473. The third kappa shape index (κ3) is 2.79. The first kappa shape index (κ1) is 12.8. The number of nitrogens with one attached hydrogen (secondary N) is 1. The van der Waals surface area contributed by atoms with Crippen LogP contribution in [0.25, 0.3) is 5.69 Å². The van der Waals surface area contributed by atoms with E-state index in [2.05, 4.69) is 10.4 Å². The van der Waals surface area contributed by atoms with Crippen LogP contribution in [0.15, 0.2) is 36.7 Å². The average Bonchev–Trinajstić information content (AvgIpc) is 2.93. The minimum absolute atomic E-state index is 0.278. The van der Waals surface area contributed by atoms with Gasteiger partial charge in [-0.1, -0.05) is 0 Å². The Hall–Kier alpha value is -2.63. The number of nitrogens with zero attached hydrogens (tertiary/aromatic N) is 2. The topological polar surface area (TPSA) is 73.2 Å². The second-order valence-corrected chi connectivity index (χ2v) is 3.66. The van der Waals surface area contributed by atoms with Crippen molar-refractivity contribution in [2.45, 2.75) is 6.92 Å². The lowest BCUT2D eigenvalue weighted by molar-refractivity contribution is -0.105. The number of hydrogen-bond donors (Lipinski definition) is 1. The molecule has 6 nitrogen and oxygen atoms in total. The Morgan fingerprint density at radius 3 is 3.00 bits per heavy atom. The molecule has 0 aliphatic rings. The van der Waals surface area contributed by atoms with Gasteiger partial charge in [-0.15, -0.1) is 0 Å². The van der Waals surface area contributed by atoms with Gasteiger partial charge in [0, 0.05) is 12.4 Å². The van der Waals surface area contributed by atoms with E-state index in [-0.39, 0.29) is 6.61 Å². The maximum Gasteiger partial charge on any atom is 0.340 e. The zero-order valence-electron chi connectivity index (χ0n) is 10.4. The van der Waals surface area contributed by atoms with Crippen LogP contribution in [-0.2, 0) is 9.53 Å². The third-order valence-electron chi connectivity index (χ3n) is 2.48. The van der Waals surface area contributed by atoms with Gasteiger partial charge in [0.05, 0.1) is 23.5 Å². The van der Waals surface area contributed by atoms with E-state index in [0.29, 0.717) is 17.7 Å². The maximum atomic E-state index is 11.7. The number of anilines is 1. The van der Waals surface area contributed by atoms with Crippen molar-refractivity contribution in [2.75, 3.05) is 11.9 Å². The largest absolute Gasteiger partial charge is 0.462 e. The fraction of sp³-hybridized carbons (Fsp3) is 0.154. The van der Waals surface area contributed by atoms with Gasteiger partial charge >= 0.3 is 5.97 Å². The molecule has 2 rings (SSSR count). The summed E-state index contributed by atoms with van der Waals surface area (Å²) < 4.78 is 6.56. The highest BCUT2D eigenvalue weighted by atomic mass is 16.5. The van der Waals surface area contributed by atoms with Crippen LogP contribution in [0.1, 0.15) is 17.3 Å². The number of aromatic nitrogens is 2. The van der Waals surface area contributed by atoms with Crippen molar-refractivity contribution in [1.29, 1.82) is 0 Å². The molecule has 6 heteroatoms. The van der Waals surface area contributed by atoms with Crippen LogP contribution >= 0.6 is 0 Å². The van der Waals surface area contributed by atoms with Crippen LogP contribution in [0.4, 0.5) is 5.69 Å². The molecular weight excluding hydrogens is 246 g/mol. The minimum atomic E-state index is -0.473. The second kappa shape index (κ2) is 5.81. The second-order valence-electron chi connectivity index (χ2n) is 3.66. The van der Waals surface area contributed by atoms with Crippen molar-refractivity contribution in [2.24, 2.45) is 0 Å². The molecule has 0 atom stereocenters. The average molecular weight is 259 g/mol. The highest BCUT2D eigenvalue weighted by Gasteiger charge is 2.13. The van der Waals surface area contributed by atoms with Crippen LogP contribution in [0.2, 0.25) is 0 Å². The summed E-state index contributed by atoms with van der Waals surface area (Å²) in [5, 5.41) is 6.58. The quantitative estimate of drug-likeness (QED) is 0.654. The highest BCUT2D eigenvalue weighted by molar-refractivity contribution is 5.98. The molecule has 1 N–H and O–H groups in total. The van der Waals surface area contributed by atoms with Gasteiger partial charge in [-0.25, -0.2) is 9.48 Å². The van der Waals surface area contributed by atoms with Crippen molar-refractivity contribution in [3.05, 3.63) is 42.2 Å². The number of rotatable bonds is 5. The first-order valence-electron chi connectivity index (χ1n) is 5.77. The van der Waals surface area contributed by atoms with Gasteiger partial charge in [-0.05, 0) is 31.2 Å². The number of benzene rings is 1. The molecule has 19 heavy (non-hydrogen) atoms. The molecule has 0 unspecified atom stereocenters. The van der Waals surface area contributed by atoms with E-state index in [1.807, 2.05) is 0 Å². The van der Waals surface area contributed by atoms with E-state index in [0.717, 1.165) is 5.69 Å². The molecule has 98 valence electrons. The molecule has 1 aromatic carbocycles. The Kier molecular flexibility index (Phi) is 3.92. The number of carbonyl (C=O) groups excluding carboxylic acids is 2. The van der Waals surface area contributed by atoms with E-state index >= 15 is 0 Å². The van der Waals surface area contributed by atoms with Gasteiger partial charge in [0.15, 0.2) is 0 Å². The Morgan fingerprint density at radius 1 is 1.53 bits per heavy atom. The molecule has 0 saturated carbocycles. The minimum Gasteiger partial charge on any atom is -0.462 e. The molecule has 0 fully saturated rings. The van der Waals surface area contributed by atoms with Crippen molar-refractivity contribution >= 4 is 18.1 Å². The number of ether oxygens (including phenoxy) is 1. The van der Waals surface area contributed by atoms with Crippen molar-refractivity contribution in [1.82, 2.24) is 9.78 Å². The van der Waals surface area contributed by atoms with E-state index in [1.54, 1.807) is 48.3 Å². The van der Waals surface area contributed by atoms with Crippen LogP contribution in [0.5, 0.6) is 0 Å². The van der Waals surface area contributed by atoms with Crippen LogP contribution in [0.3, 0.4) is 0 Å². The number of esters is 1. The summed E-state index contributed by atoms with van der Waals surface area (Å²) in [7, 11) is 0.